The number of carbonyl (C=O) groups is 2. The van der Waals surface area contributed by atoms with E-state index < -0.39 is 0 Å². The van der Waals surface area contributed by atoms with Crippen LogP contribution in [0.25, 0.3) is 0 Å². The average Bonchev–Trinajstić information content (AvgIpc) is 3.48. The van der Waals surface area contributed by atoms with Crippen molar-refractivity contribution in [3.05, 3.63) is 94.9 Å². The monoisotopic (exact) mass is 462 g/mol. The lowest BCUT2D eigenvalue weighted by Gasteiger charge is -2.10. The zero-order valence-corrected chi connectivity index (χ0v) is 18.9. The van der Waals surface area contributed by atoms with E-state index in [9.17, 15) is 9.59 Å². The van der Waals surface area contributed by atoms with Crippen molar-refractivity contribution in [2.24, 2.45) is 0 Å². The molecular weight excluding hydrogens is 440 g/mol. The fourth-order valence-corrected chi connectivity index (χ4v) is 4.26. The van der Waals surface area contributed by atoms with Crippen LogP contribution in [0.5, 0.6) is 0 Å². The Morgan fingerprint density at radius 2 is 1.85 bits per heavy atom. The molecule has 33 heavy (non-hydrogen) atoms. The molecule has 4 aromatic rings. The van der Waals surface area contributed by atoms with Crippen LogP contribution < -0.4 is 10.6 Å². The maximum absolute atomic E-state index is 12.8. The highest BCUT2D eigenvalue weighted by Gasteiger charge is 2.15. The normalized spacial score (nSPS) is 10.7. The number of aromatic nitrogens is 2. The zero-order valence-electron chi connectivity index (χ0n) is 18.1. The molecule has 9 heteroatoms. The molecule has 0 radical (unpaired) electrons. The minimum Gasteiger partial charge on any atom is -0.459 e. The van der Waals surface area contributed by atoms with Gasteiger partial charge in [0.1, 0.15) is 10.8 Å². The maximum Gasteiger partial charge on any atom is 0.291 e. The fraction of sp³-hybridized carbons (Fsp3) is 0.167. The fourth-order valence-electron chi connectivity index (χ4n) is 3.11. The molecule has 1 aromatic carbocycles. The van der Waals surface area contributed by atoms with E-state index in [2.05, 4.69) is 20.8 Å². The number of nitrogens with zero attached hydrogens (tertiary/aromatic N) is 2. The third-order valence-corrected chi connectivity index (χ3v) is 5.99. The summed E-state index contributed by atoms with van der Waals surface area (Å²) in [5.41, 5.74) is 3.89. The number of carbonyl (C=O) groups excluding carboxylic acids is 2. The van der Waals surface area contributed by atoms with Gasteiger partial charge in [-0.3, -0.25) is 9.59 Å². The number of nitrogens with one attached hydrogen (secondary N) is 2. The predicted octanol–water partition coefficient (Wildman–Crippen LogP) is 4.75. The Hall–Kier alpha value is -3.85. The molecule has 8 nitrogen and oxygen atoms in total. The molecule has 2 amide bonds. The van der Waals surface area contributed by atoms with Gasteiger partial charge in [0.25, 0.3) is 11.8 Å². The third kappa shape index (κ3) is 5.50. The highest BCUT2D eigenvalue weighted by Crippen LogP contribution is 2.27. The van der Waals surface area contributed by atoms with Crippen molar-refractivity contribution in [3.63, 3.8) is 0 Å². The van der Waals surface area contributed by atoms with E-state index in [1.807, 2.05) is 26.0 Å². The number of amides is 2. The molecule has 4 rings (SSSR count). The summed E-state index contributed by atoms with van der Waals surface area (Å²) in [6, 6.07) is 14.0. The maximum atomic E-state index is 12.8. The number of benzene rings is 1. The van der Waals surface area contributed by atoms with Crippen molar-refractivity contribution in [2.45, 2.75) is 31.2 Å². The van der Waals surface area contributed by atoms with Crippen LogP contribution in [-0.4, -0.2) is 22.0 Å². The first-order valence-corrected chi connectivity index (χ1v) is 11.2. The lowest BCUT2D eigenvalue weighted by molar-refractivity contribution is 0.0946. The number of hydrogen-bond acceptors (Lipinski definition) is 7. The molecule has 3 heterocycles. The van der Waals surface area contributed by atoms with Gasteiger partial charge >= 0.3 is 0 Å². The highest BCUT2D eigenvalue weighted by atomic mass is 32.2. The summed E-state index contributed by atoms with van der Waals surface area (Å²) in [6.07, 6.45) is 3.12. The lowest BCUT2D eigenvalue weighted by Crippen LogP contribution is -2.23. The van der Waals surface area contributed by atoms with Gasteiger partial charge in [0.05, 0.1) is 17.5 Å². The summed E-state index contributed by atoms with van der Waals surface area (Å²) in [5, 5.41) is 10.3. The number of rotatable bonds is 8. The van der Waals surface area contributed by atoms with Gasteiger partial charge in [0, 0.05) is 29.7 Å². The Bertz CT molecular complexity index is 1230. The SMILES string of the molecule is Cc1noc(C)c1CSc1ncccc1C(=O)NCc1ccc(NC(=O)c2ccco2)cc1. The molecule has 0 saturated carbocycles. The van der Waals surface area contributed by atoms with Crippen LogP contribution in [0.3, 0.4) is 0 Å². The standard InChI is InChI=1S/C24H22N4O4S/c1-15-20(16(2)32-28-15)14-33-24-19(5-3-11-25-24)22(29)26-13-17-7-9-18(10-8-17)27-23(30)21-6-4-12-31-21/h3-12H,13-14H2,1-2H3,(H,26,29)(H,27,30). The number of pyridine rings is 1. The second-order valence-corrected chi connectivity index (χ2v) is 8.22. The van der Waals surface area contributed by atoms with Gasteiger partial charge in [0.2, 0.25) is 0 Å². The summed E-state index contributed by atoms with van der Waals surface area (Å²) >= 11 is 1.47. The van der Waals surface area contributed by atoms with Gasteiger partial charge in [-0.15, -0.1) is 11.8 Å². The summed E-state index contributed by atoms with van der Waals surface area (Å²) in [6.45, 7) is 4.11. The molecule has 0 spiro atoms. The minimum absolute atomic E-state index is 0.209. The van der Waals surface area contributed by atoms with E-state index in [0.29, 0.717) is 28.6 Å². The largest absolute Gasteiger partial charge is 0.459 e. The van der Waals surface area contributed by atoms with E-state index in [-0.39, 0.29) is 17.6 Å². The Kier molecular flexibility index (Phi) is 6.89. The predicted molar refractivity (Wildman–Crippen MR) is 124 cm³/mol. The first-order valence-electron chi connectivity index (χ1n) is 10.2. The Morgan fingerprint density at radius 3 is 2.55 bits per heavy atom. The van der Waals surface area contributed by atoms with Gasteiger partial charge in [-0.2, -0.15) is 0 Å². The first kappa shape index (κ1) is 22.3. The summed E-state index contributed by atoms with van der Waals surface area (Å²) in [7, 11) is 0. The second-order valence-electron chi connectivity index (χ2n) is 7.26. The van der Waals surface area contributed by atoms with Crippen LogP contribution in [0.15, 0.2) is 75.0 Å². The van der Waals surface area contributed by atoms with Crippen molar-refractivity contribution in [1.82, 2.24) is 15.5 Å². The van der Waals surface area contributed by atoms with E-state index in [4.69, 9.17) is 8.94 Å². The molecule has 0 bridgehead atoms. The Morgan fingerprint density at radius 1 is 1.03 bits per heavy atom. The van der Waals surface area contributed by atoms with E-state index in [1.165, 1.54) is 18.0 Å². The smallest absolute Gasteiger partial charge is 0.291 e. The highest BCUT2D eigenvalue weighted by molar-refractivity contribution is 7.98. The van der Waals surface area contributed by atoms with Gasteiger partial charge in [-0.05, 0) is 55.8 Å². The van der Waals surface area contributed by atoms with Crippen molar-refractivity contribution < 1.29 is 18.5 Å². The van der Waals surface area contributed by atoms with Crippen LogP contribution >= 0.6 is 11.8 Å². The van der Waals surface area contributed by atoms with Crippen LogP contribution in [0.2, 0.25) is 0 Å². The van der Waals surface area contributed by atoms with Gasteiger partial charge in [-0.25, -0.2) is 4.98 Å². The molecule has 0 fully saturated rings. The van der Waals surface area contributed by atoms with Crippen molar-refractivity contribution in [1.29, 1.82) is 0 Å². The number of anilines is 1. The molecule has 0 unspecified atom stereocenters. The van der Waals surface area contributed by atoms with Gasteiger partial charge < -0.3 is 19.6 Å². The van der Waals surface area contributed by atoms with E-state index in [1.54, 1.807) is 42.6 Å². The topological polar surface area (TPSA) is 110 Å². The quantitative estimate of drug-likeness (QED) is 0.363. The first-order chi connectivity index (χ1) is 16.0. The number of thioether (sulfide) groups is 1. The molecule has 3 aromatic heterocycles. The third-order valence-electron chi connectivity index (χ3n) is 4.96. The molecule has 0 aliphatic rings. The lowest BCUT2D eigenvalue weighted by atomic mass is 10.2. The Balaban J connectivity index is 1.34. The Labute approximate surface area is 194 Å². The zero-order chi connectivity index (χ0) is 23.2. The molecule has 168 valence electrons. The summed E-state index contributed by atoms with van der Waals surface area (Å²) in [4.78, 5) is 29.2. The van der Waals surface area contributed by atoms with Crippen LogP contribution in [0.1, 0.15) is 43.5 Å². The van der Waals surface area contributed by atoms with Crippen molar-refractivity contribution in [2.75, 3.05) is 5.32 Å². The number of hydrogen-bond donors (Lipinski definition) is 2. The van der Waals surface area contributed by atoms with Crippen molar-refractivity contribution in [3.8, 4) is 0 Å². The average molecular weight is 463 g/mol. The summed E-state index contributed by atoms with van der Waals surface area (Å²) < 4.78 is 10.3. The van der Waals surface area contributed by atoms with Gasteiger partial charge in [0.15, 0.2) is 5.76 Å². The summed E-state index contributed by atoms with van der Waals surface area (Å²) in [5.74, 6) is 1.10. The van der Waals surface area contributed by atoms with Gasteiger partial charge in [-0.1, -0.05) is 17.3 Å². The van der Waals surface area contributed by atoms with Crippen molar-refractivity contribution >= 4 is 29.3 Å². The molecule has 0 aliphatic heterocycles. The molecule has 0 atom stereocenters. The second kappa shape index (κ2) is 10.2. The van der Waals surface area contributed by atoms with Crippen LogP contribution in [0, 0.1) is 13.8 Å². The molecular formula is C24H22N4O4S. The molecule has 0 aliphatic carbocycles. The molecule has 0 saturated heterocycles. The number of aryl methyl sites for hydroxylation is 2. The minimum atomic E-state index is -0.320. The van der Waals surface area contributed by atoms with Crippen LogP contribution in [0.4, 0.5) is 5.69 Å². The number of furan rings is 1. The van der Waals surface area contributed by atoms with Crippen LogP contribution in [-0.2, 0) is 12.3 Å². The van der Waals surface area contributed by atoms with E-state index >= 15 is 0 Å². The van der Waals surface area contributed by atoms with E-state index in [0.717, 1.165) is 22.6 Å². The molecule has 2 N–H and O–H groups in total.